The second-order valence-corrected chi connectivity index (χ2v) is 4.18. The van der Waals surface area contributed by atoms with Gasteiger partial charge in [-0.05, 0) is 35.4 Å². The summed E-state index contributed by atoms with van der Waals surface area (Å²) in [5, 5.41) is -0.953. The zero-order chi connectivity index (χ0) is 13.3. The fourth-order valence-corrected chi connectivity index (χ4v) is 1.85. The molecule has 2 aromatic rings. The molecule has 2 rings (SSSR count). The van der Waals surface area contributed by atoms with Crippen LogP contribution in [0.15, 0.2) is 36.4 Å². The van der Waals surface area contributed by atoms with Crippen molar-refractivity contribution in [1.82, 2.24) is 0 Å². The quantitative estimate of drug-likeness (QED) is 0.556. The van der Waals surface area contributed by atoms with E-state index >= 15 is 0 Å². The molecule has 0 aliphatic heterocycles. The average molecular weight is 275 g/mol. The zero-order valence-corrected chi connectivity index (χ0v) is 9.69. The number of hydrogen-bond donors (Lipinski definition) is 0. The Balaban J connectivity index is 2.40. The summed E-state index contributed by atoms with van der Waals surface area (Å²) in [5.74, 6) is -3.63. The Morgan fingerprint density at radius 2 is 1.33 bits per heavy atom. The molecule has 0 aliphatic carbocycles. The first-order valence-corrected chi connectivity index (χ1v) is 5.46. The topological polar surface area (TPSA) is 0 Å². The largest absolute Gasteiger partial charge is 0.207 e. The molecule has 0 aromatic heterocycles. The molecule has 0 radical (unpaired) electrons. The van der Waals surface area contributed by atoms with Crippen LogP contribution in [0.2, 0.25) is 0 Å². The number of hydrogen-bond acceptors (Lipinski definition) is 0. The van der Waals surface area contributed by atoms with Crippen molar-refractivity contribution in [3.8, 4) is 0 Å². The van der Waals surface area contributed by atoms with Crippen LogP contribution < -0.4 is 0 Å². The van der Waals surface area contributed by atoms with Crippen LogP contribution in [-0.2, 0) is 0 Å². The SMILES string of the molecule is Fc1cc(F)cc(C(Cl)c2ccc(F)c(F)c2)c1. The van der Waals surface area contributed by atoms with Gasteiger partial charge in [0.15, 0.2) is 11.6 Å². The second-order valence-electron chi connectivity index (χ2n) is 3.74. The Kier molecular flexibility index (Phi) is 3.57. The lowest BCUT2D eigenvalue weighted by Crippen LogP contribution is -1.97. The third kappa shape index (κ3) is 2.64. The molecule has 0 bridgehead atoms. The predicted molar refractivity (Wildman–Crippen MR) is 60.4 cm³/mol. The summed E-state index contributed by atoms with van der Waals surface area (Å²) < 4.78 is 51.8. The first-order valence-electron chi connectivity index (χ1n) is 5.02. The van der Waals surface area contributed by atoms with Gasteiger partial charge in [-0.2, -0.15) is 0 Å². The lowest BCUT2D eigenvalue weighted by Gasteiger charge is -2.11. The second kappa shape index (κ2) is 4.98. The van der Waals surface area contributed by atoms with Gasteiger partial charge in [-0.3, -0.25) is 0 Å². The minimum atomic E-state index is -1.06. The van der Waals surface area contributed by atoms with Gasteiger partial charge in [-0.1, -0.05) is 6.07 Å². The van der Waals surface area contributed by atoms with Crippen molar-refractivity contribution in [3.63, 3.8) is 0 Å². The molecule has 0 saturated carbocycles. The summed E-state index contributed by atoms with van der Waals surface area (Å²) in [4.78, 5) is 0. The van der Waals surface area contributed by atoms with Crippen LogP contribution in [0.5, 0.6) is 0 Å². The summed E-state index contributed by atoms with van der Waals surface area (Å²) in [6, 6.07) is 5.87. The van der Waals surface area contributed by atoms with Gasteiger partial charge in [0.25, 0.3) is 0 Å². The standard InChI is InChI=1S/C13H7ClF4/c14-13(7-1-2-11(17)12(18)5-7)8-3-9(15)6-10(16)4-8/h1-6,13H. The van der Waals surface area contributed by atoms with E-state index in [0.29, 0.717) is 6.07 Å². The van der Waals surface area contributed by atoms with E-state index in [1.54, 1.807) is 0 Å². The van der Waals surface area contributed by atoms with Crippen molar-refractivity contribution >= 4 is 11.6 Å². The molecule has 0 N–H and O–H groups in total. The summed E-state index contributed by atoms with van der Waals surface area (Å²) in [6.45, 7) is 0. The van der Waals surface area contributed by atoms with E-state index in [1.807, 2.05) is 0 Å². The van der Waals surface area contributed by atoms with Crippen LogP contribution in [0, 0.1) is 23.3 Å². The van der Waals surface area contributed by atoms with Gasteiger partial charge in [0, 0.05) is 6.07 Å². The van der Waals surface area contributed by atoms with Gasteiger partial charge < -0.3 is 0 Å². The smallest absolute Gasteiger partial charge is 0.159 e. The van der Waals surface area contributed by atoms with E-state index in [2.05, 4.69) is 0 Å². The monoisotopic (exact) mass is 274 g/mol. The minimum absolute atomic E-state index is 0.139. The maximum atomic E-state index is 13.0. The van der Waals surface area contributed by atoms with Crippen LogP contribution in [0.3, 0.4) is 0 Å². The molecule has 0 amide bonds. The molecule has 94 valence electrons. The highest BCUT2D eigenvalue weighted by Gasteiger charge is 2.15. The Hall–Kier alpha value is -1.55. The molecule has 1 atom stereocenters. The molecular formula is C13H7ClF4. The highest BCUT2D eigenvalue weighted by atomic mass is 35.5. The van der Waals surface area contributed by atoms with Gasteiger partial charge in [0.2, 0.25) is 0 Å². The summed E-state index contributed by atoms with van der Waals surface area (Å²) >= 11 is 5.98. The number of alkyl halides is 1. The Bertz CT molecular complexity index is 563. The molecule has 0 spiro atoms. The third-order valence-corrected chi connectivity index (χ3v) is 2.92. The molecular weight excluding hydrogens is 268 g/mol. The Morgan fingerprint density at radius 1 is 0.722 bits per heavy atom. The number of rotatable bonds is 2. The van der Waals surface area contributed by atoms with E-state index in [1.165, 1.54) is 6.07 Å². The van der Waals surface area contributed by atoms with Gasteiger partial charge in [-0.25, -0.2) is 17.6 Å². The van der Waals surface area contributed by atoms with Crippen molar-refractivity contribution in [2.24, 2.45) is 0 Å². The van der Waals surface area contributed by atoms with Crippen LogP contribution >= 0.6 is 11.6 Å². The maximum absolute atomic E-state index is 13.0. The normalized spacial score (nSPS) is 12.5. The number of halogens is 5. The molecule has 0 saturated heterocycles. The van der Waals surface area contributed by atoms with Crippen molar-refractivity contribution < 1.29 is 17.6 Å². The van der Waals surface area contributed by atoms with Crippen LogP contribution in [-0.4, -0.2) is 0 Å². The lowest BCUT2D eigenvalue weighted by molar-refractivity contribution is 0.507. The van der Waals surface area contributed by atoms with Gasteiger partial charge in [0.05, 0.1) is 5.38 Å². The number of benzene rings is 2. The fraction of sp³-hybridized carbons (Fsp3) is 0.0769. The minimum Gasteiger partial charge on any atom is -0.207 e. The first kappa shape index (κ1) is 12.9. The van der Waals surface area contributed by atoms with E-state index in [9.17, 15) is 17.6 Å². The molecule has 0 heterocycles. The van der Waals surface area contributed by atoms with Crippen molar-refractivity contribution in [3.05, 3.63) is 70.8 Å². The molecule has 18 heavy (non-hydrogen) atoms. The molecule has 0 aliphatic rings. The van der Waals surface area contributed by atoms with Crippen molar-refractivity contribution in [1.29, 1.82) is 0 Å². The van der Waals surface area contributed by atoms with Crippen LogP contribution in [0.25, 0.3) is 0 Å². The summed E-state index contributed by atoms with van der Waals surface area (Å²) in [7, 11) is 0. The third-order valence-electron chi connectivity index (χ3n) is 2.41. The van der Waals surface area contributed by atoms with Crippen molar-refractivity contribution in [2.75, 3.05) is 0 Å². The van der Waals surface area contributed by atoms with E-state index in [-0.39, 0.29) is 11.1 Å². The van der Waals surface area contributed by atoms with Crippen molar-refractivity contribution in [2.45, 2.75) is 5.38 Å². The zero-order valence-electron chi connectivity index (χ0n) is 8.93. The van der Waals surface area contributed by atoms with E-state index in [4.69, 9.17) is 11.6 Å². The van der Waals surface area contributed by atoms with Gasteiger partial charge in [-0.15, -0.1) is 11.6 Å². The fourth-order valence-electron chi connectivity index (χ4n) is 1.58. The molecule has 2 aromatic carbocycles. The van der Waals surface area contributed by atoms with Crippen LogP contribution in [0.4, 0.5) is 17.6 Å². The highest BCUT2D eigenvalue weighted by Crippen LogP contribution is 2.30. The summed E-state index contributed by atoms with van der Waals surface area (Å²) in [5.41, 5.74) is 0.362. The highest BCUT2D eigenvalue weighted by molar-refractivity contribution is 6.22. The van der Waals surface area contributed by atoms with Gasteiger partial charge >= 0.3 is 0 Å². The Labute approximate surface area is 106 Å². The van der Waals surface area contributed by atoms with Gasteiger partial charge in [0.1, 0.15) is 11.6 Å². The first-order chi connectivity index (χ1) is 8.47. The van der Waals surface area contributed by atoms with E-state index in [0.717, 1.165) is 24.3 Å². The lowest BCUT2D eigenvalue weighted by atomic mass is 10.0. The maximum Gasteiger partial charge on any atom is 0.159 e. The molecule has 1 unspecified atom stereocenters. The predicted octanol–water partition coefficient (Wildman–Crippen LogP) is 4.57. The molecule has 5 heteroatoms. The molecule has 0 fully saturated rings. The summed E-state index contributed by atoms with van der Waals surface area (Å²) in [6.07, 6.45) is 0. The van der Waals surface area contributed by atoms with E-state index < -0.39 is 28.6 Å². The van der Waals surface area contributed by atoms with Crippen LogP contribution in [0.1, 0.15) is 16.5 Å². The molecule has 0 nitrogen and oxygen atoms in total. The Morgan fingerprint density at radius 3 is 1.89 bits per heavy atom. The average Bonchev–Trinajstić information content (AvgIpc) is 2.30.